The number of hydrogen-bond donors (Lipinski definition) is 1. The third-order valence-corrected chi connectivity index (χ3v) is 2.35. The zero-order valence-electron chi connectivity index (χ0n) is 10.3. The molecule has 4 heteroatoms. The first-order valence-corrected chi connectivity index (χ1v) is 5.67. The predicted molar refractivity (Wildman–Crippen MR) is 69.9 cm³/mol. The van der Waals surface area contributed by atoms with E-state index in [0.717, 1.165) is 16.9 Å². The topological polar surface area (TPSA) is 53.1 Å². The summed E-state index contributed by atoms with van der Waals surface area (Å²) < 4.78 is 7.39. The highest BCUT2D eigenvalue weighted by atomic mass is 16.5. The molecule has 0 bridgehead atoms. The van der Waals surface area contributed by atoms with Gasteiger partial charge in [0, 0.05) is 24.4 Å². The van der Waals surface area contributed by atoms with Crippen molar-refractivity contribution in [2.45, 2.75) is 6.61 Å². The molecule has 0 aliphatic carbocycles. The molecular weight excluding hydrogens is 226 g/mol. The second kappa shape index (κ2) is 5.89. The summed E-state index contributed by atoms with van der Waals surface area (Å²) in [6.07, 6.45) is 3.72. The van der Waals surface area contributed by atoms with Crippen molar-refractivity contribution in [3.05, 3.63) is 47.8 Å². The van der Waals surface area contributed by atoms with Crippen LogP contribution in [-0.2, 0) is 13.7 Å². The smallest absolute Gasteiger partial charge is 0.119 e. The van der Waals surface area contributed by atoms with Gasteiger partial charge in [0.25, 0.3) is 0 Å². The first-order valence-electron chi connectivity index (χ1n) is 5.67. The fourth-order valence-corrected chi connectivity index (χ4v) is 1.50. The number of aromatic nitrogens is 2. The average molecular weight is 241 g/mol. The van der Waals surface area contributed by atoms with E-state index in [1.54, 1.807) is 10.9 Å². The SMILES string of the molecule is Cn1cc(COc2ccc(C#CCN)cc2)cn1. The molecule has 18 heavy (non-hydrogen) atoms. The lowest BCUT2D eigenvalue weighted by atomic mass is 10.2. The molecule has 0 spiro atoms. The van der Waals surface area contributed by atoms with Crippen LogP contribution in [0.2, 0.25) is 0 Å². The number of nitrogens with two attached hydrogens (primary N) is 1. The minimum Gasteiger partial charge on any atom is -0.489 e. The molecule has 0 fully saturated rings. The first kappa shape index (κ1) is 12.2. The van der Waals surface area contributed by atoms with Crippen molar-refractivity contribution < 1.29 is 4.74 Å². The summed E-state index contributed by atoms with van der Waals surface area (Å²) >= 11 is 0. The summed E-state index contributed by atoms with van der Waals surface area (Å²) in [5.41, 5.74) is 7.30. The zero-order valence-corrected chi connectivity index (χ0v) is 10.3. The average Bonchev–Trinajstić information content (AvgIpc) is 2.81. The Morgan fingerprint density at radius 3 is 2.72 bits per heavy atom. The maximum atomic E-state index is 5.64. The summed E-state index contributed by atoms with van der Waals surface area (Å²) in [6.45, 7) is 0.890. The molecule has 0 radical (unpaired) electrons. The van der Waals surface area contributed by atoms with Crippen LogP contribution in [0, 0.1) is 11.8 Å². The summed E-state index contributed by atoms with van der Waals surface area (Å²) in [5, 5.41) is 4.08. The second-order valence-electron chi connectivity index (χ2n) is 3.84. The monoisotopic (exact) mass is 241 g/mol. The van der Waals surface area contributed by atoms with Crippen LogP contribution < -0.4 is 10.5 Å². The largest absolute Gasteiger partial charge is 0.489 e. The van der Waals surface area contributed by atoms with Crippen LogP contribution in [0.4, 0.5) is 0 Å². The van der Waals surface area contributed by atoms with Crippen LogP contribution in [0.1, 0.15) is 11.1 Å². The Bertz CT molecular complexity index is 561. The van der Waals surface area contributed by atoms with Crippen LogP contribution in [0.25, 0.3) is 0 Å². The number of nitrogens with zero attached hydrogens (tertiary/aromatic N) is 2. The summed E-state index contributed by atoms with van der Waals surface area (Å²) in [5.74, 6) is 6.59. The lowest BCUT2D eigenvalue weighted by molar-refractivity contribution is 0.306. The Balaban J connectivity index is 1.94. The third-order valence-electron chi connectivity index (χ3n) is 2.35. The second-order valence-corrected chi connectivity index (χ2v) is 3.84. The highest BCUT2D eigenvalue weighted by Crippen LogP contribution is 2.13. The van der Waals surface area contributed by atoms with Crippen LogP contribution in [0.3, 0.4) is 0 Å². The number of hydrogen-bond acceptors (Lipinski definition) is 3. The molecule has 2 aromatic rings. The van der Waals surface area contributed by atoms with E-state index < -0.39 is 0 Å². The van der Waals surface area contributed by atoms with Gasteiger partial charge in [-0.2, -0.15) is 5.10 Å². The van der Waals surface area contributed by atoms with E-state index >= 15 is 0 Å². The van der Waals surface area contributed by atoms with E-state index in [0.29, 0.717) is 13.2 Å². The van der Waals surface area contributed by atoms with Gasteiger partial charge in [-0.1, -0.05) is 11.8 Å². The molecule has 0 saturated carbocycles. The maximum absolute atomic E-state index is 5.64. The van der Waals surface area contributed by atoms with Crippen molar-refractivity contribution >= 4 is 0 Å². The minimum absolute atomic E-state index is 0.374. The zero-order chi connectivity index (χ0) is 12.8. The van der Waals surface area contributed by atoms with Gasteiger partial charge < -0.3 is 10.5 Å². The minimum atomic E-state index is 0.374. The Labute approximate surface area is 106 Å². The fraction of sp³-hybridized carbons (Fsp3) is 0.214. The van der Waals surface area contributed by atoms with Gasteiger partial charge in [0.1, 0.15) is 12.4 Å². The highest BCUT2D eigenvalue weighted by molar-refractivity contribution is 5.38. The summed E-state index contributed by atoms with van der Waals surface area (Å²) in [7, 11) is 1.88. The molecule has 0 aliphatic heterocycles. The lowest BCUT2D eigenvalue weighted by Gasteiger charge is -2.04. The maximum Gasteiger partial charge on any atom is 0.119 e. The molecule has 92 valence electrons. The molecule has 0 atom stereocenters. The van der Waals surface area contributed by atoms with Crippen LogP contribution in [0.5, 0.6) is 5.75 Å². The van der Waals surface area contributed by atoms with E-state index in [2.05, 4.69) is 16.9 Å². The Kier molecular flexibility index (Phi) is 4.00. The molecule has 0 aliphatic rings. The number of benzene rings is 1. The van der Waals surface area contributed by atoms with E-state index in [9.17, 15) is 0 Å². The Morgan fingerprint density at radius 1 is 1.33 bits per heavy atom. The Hall–Kier alpha value is -2.25. The summed E-state index contributed by atoms with van der Waals surface area (Å²) in [6, 6.07) is 7.64. The quantitative estimate of drug-likeness (QED) is 0.824. The fourth-order valence-electron chi connectivity index (χ4n) is 1.50. The van der Waals surface area contributed by atoms with Crippen molar-refractivity contribution in [2.75, 3.05) is 6.54 Å². The highest BCUT2D eigenvalue weighted by Gasteiger charge is 1.98. The standard InChI is InChI=1S/C14H15N3O/c1-17-10-13(9-16-17)11-18-14-6-4-12(5-7-14)3-2-8-15/h4-7,9-10H,8,11,15H2,1H3. The molecule has 1 aromatic heterocycles. The third kappa shape index (κ3) is 3.37. The Morgan fingerprint density at radius 2 is 2.11 bits per heavy atom. The van der Waals surface area contributed by atoms with Crippen molar-refractivity contribution in [1.82, 2.24) is 9.78 Å². The van der Waals surface area contributed by atoms with Crippen molar-refractivity contribution in [2.24, 2.45) is 12.8 Å². The molecule has 0 amide bonds. The van der Waals surface area contributed by atoms with Gasteiger partial charge in [-0.15, -0.1) is 0 Å². The molecule has 0 saturated heterocycles. The summed E-state index contributed by atoms with van der Waals surface area (Å²) in [4.78, 5) is 0. The van der Waals surface area contributed by atoms with Gasteiger partial charge >= 0.3 is 0 Å². The van der Waals surface area contributed by atoms with Crippen LogP contribution in [0.15, 0.2) is 36.7 Å². The molecule has 2 rings (SSSR count). The molecular formula is C14H15N3O. The van der Waals surface area contributed by atoms with Gasteiger partial charge in [-0.3, -0.25) is 4.68 Å². The van der Waals surface area contributed by atoms with E-state index in [1.165, 1.54) is 0 Å². The lowest BCUT2D eigenvalue weighted by Crippen LogP contribution is -1.94. The molecule has 1 aromatic carbocycles. The number of aryl methyl sites for hydroxylation is 1. The molecule has 0 unspecified atom stereocenters. The van der Waals surface area contributed by atoms with Gasteiger partial charge in [0.2, 0.25) is 0 Å². The van der Waals surface area contributed by atoms with Crippen molar-refractivity contribution in [3.8, 4) is 17.6 Å². The molecule has 1 heterocycles. The van der Waals surface area contributed by atoms with Gasteiger partial charge in [0.05, 0.1) is 12.7 Å². The normalized spacial score (nSPS) is 9.67. The number of ether oxygens (including phenoxy) is 1. The number of rotatable bonds is 3. The van der Waals surface area contributed by atoms with Gasteiger partial charge in [-0.05, 0) is 24.3 Å². The van der Waals surface area contributed by atoms with Crippen molar-refractivity contribution in [1.29, 1.82) is 0 Å². The predicted octanol–water partition coefficient (Wildman–Crippen LogP) is 1.31. The van der Waals surface area contributed by atoms with Crippen LogP contribution >= 0.6 is 0 Å². The molecule has 2 N–H and O–H groups in total. The van der Waals surface area contributed by atoms with E-state index in [-0.39, 0.29) is 0 Å². The van der Waals surface area contributed by atoms with Crippen LogP contribution in [-0.4, -0.2) is 16.3 Å². The van der Waals surface area contributed by atoms with E-state index in [1.807, 2.05) is 37.5 Å². The van der Waals surface area contributed by atoms with Gasteiger partial charge in [0.15, 0.2) is 0 Å². The van der Waals surface area contributed by atoms with Crippen molar-refractivity contribution in [3.63, 3.8) is 0 Å². The molecule has 4 nitrogen and oxygen atoms in total. The first-order chi connectivity index (χ1) is 8.78. The van der Waals surface area contributed by atoms with Gasteiger partial charge in [-0.25, -0.2) is 0 Å². The van der Waals surface area contributed by atoms with E-state index in [4.69, 9.17) is 10.5 Å².